The summed E-state index contributed by atoms with van der Waals surface area (Å²) in [5.74, 6) is -0.265. The minimum atomic E-state index is -0.266. The van der Waals surface area contributed by atoms with Crippen LogP contribution in [0.25, 0.3) is 5.57 Å². The van der Waals surface area contributed by atoms with Crippen molar-refractivity contribution in [2.75, 3.05) is 13.1 Å². The zero-order valence-corrected chi connectivity index (χ0v) is 14.4. The minimum Gasteiger partial charge on any atom is -0.351 e. The summed E-state index contributed by atoms with van der Waals surface area (Å²) < 4.78 is 12.9. The highest BCUT2D eigenvalue weighted by atomic mass is 19.1. The van der Waals surface area contributed by atoms with Crippen LogP contribution in [0.4, 0.5) is 4.39 Å². The molecule has 3 nitrogen and oxygen atoms in total. The van der Waals surface area contributed by atoms with Gasteiger partial charge in [0.05, 0.1) is 6.04 Å². The lowest BCUT2D eigenvalue weighted by molar-refractivity contribution is -0.125. The van der Waals surface area contributed by atoms with E-state index in [0.29, 0.717) is 6.54 Å². The Morgan fingerprint density at radius 3 is 2.52 bits per heavy atom. The van der Waals surface area contributed by atoms with Gasteiger partial charge in [-0.2, -0.15) is 0 Å². The van der Waals surface area contributed by atoms with Gasteiger partial charge in [0.15, 0.2) is 0 Å². The van der Waals surface area contributed by atoms with Crippen LogP contribution in [0.15, 0.2) is 60.7 Å². The maximum atomic E-state index is 12.9. The summed E-state index contributed by atoms with van der Waals surface area (Å²) in [4.78, 5) is 14.6. The largest absolute Gasteiger partial charge is 0.351 e. The number of rotatable bonds is 5. The van der Waals surface area contributed by atoms with Crippen molar-refractivity contribution in [2.45, 2.75) is 25.9 Å². The van der Waals surface area contributed by atoms with E-state index >= 15 is 0 Å². The van der Waals surface area contributed by atoms with E-state index in [1.807, 2.05) is 25.1 Å². The minimum absolute atomic E-state index is 0.000820. The first-order valence-electron chi connectivity index (χ1n) is 8.64. The molecule has 0 radical (unpaired) electrons. The van der Waals surface area contributed by atoms with E-state index < -0.39 is 0 Å². The number of amides is 1. The summed E-state index contributed by atoms with van der Waals surface area (Å²) in [7, 11) is 0. The molecular weight excluding hydrogens is 315 g/mol. The zero-order chi connectivity index (χ0) is 17.6. The van der Waals surface area contributed by atoms with Gasteiger partial charge in [-0.1, -0.05) is 48.5 Å². The quantitative estimate of drug-likeness (QED) is 0.903. The molecule has 0 aromatic heterocycles. The lowest BCUT2D eigenvalue weighted by atomic mass is 9.99. The Morgan fingerprint density at radius 2 is 1.88 bits per heavy atom. The highest BCUT2D eigenvalue weighted by Crippen LogP contribution is 2.23. The summed E-state index contributed by atoms with van der Waals surface area (Å²) in [6.45, 7) is 3.99. The summed E-state index contributed by atoms with van der Waals surface area (Å²) in [6, 6.07) is 16.4. The first-order chi connectivity index (χ1) is 12.1. The van der Waals surface area contributed by atoms with E-state index in [4.69, 9.17) is 0 Å². The van der Waals surface area contributed by atoms with Gasteiger partial charge in [-0.05, 0) is 42.2 Å². The molecule has 0 bridgehead atoms. The molecular formula is C21H23FN2O. The molecule has 2 aromatic carbocycles. The van der Waals surface area contributed by atoms with Gasteiger partial charge < -0.3 is 5.32 Å². The maximum Gasteiger partial charge on any atom is 0.237 e. The molecule has 25 heavy (non-hydrogen) atoms. The van der Waals surface area contributed by atoms with Crippen molar-refractivity contribution in [3.05, 3.63) is 77.6 Å². The van der Waals surface area contributed by atoms with Crippen LogP contribution in [0.5, 0.6) is 0 Å². The third-order valence-corrected chi connectivity index (χ3v) is 4.69. The highest BCUT2D eigenvalue weighted by molar-refractivity contribution is 5.81. The first-order valence-corrected chi connectivity index (χ1v) is 8.64. The van der Waals surface area contributed by atoms with Crippen LogP contribution in [-0.4, -0.2) is 29.9 Å². The molecule has 1 amide bonds. The topological polar surface area (TPSA) is 32.3 Å². The average Bonchev–Trinajstić information content (AvgIpc) is 2.67. The fourth-order valence-electron chi connectivity index (χ4n) is 3.06. The Hall–Kier alpha value is -2.46. The van der Waals surface area contributed by atoms with Crippen LogP contribution in [0, 0.1) is 5.82 Å². The highest BCUT2D eigenvalue weighted by Gasteiger charge is 2.23. The van der Waals surface area contributed by atoms with Gasteiger partial charge in [-0.25, -0.2) is 4.39 Å². The molecule has 0 spiro atoms. The molecule has 1 aliphatic rings. The fourth-order valence-corrected chi connectivity index (χ4v) is 3.06. The second-order valence-electron chi connectivity index (χ2n) is 6.36. The number of carbonyl (C=O) groups excluding carboxylic acids is 1. The molecule has 1 heterocycles. The van der Waals surface area contributed by atoms with Crippen molar-refractivity contribution in [1.82, 2.24) is 10.2 Å². The lowest BCUT2D eigenvalue weighted by Crippen LogP contribution is -2.46. The van der Waals surface area contributed by atoms with Crippen molar-refractivity contribution >= 4 is 11.5 Å². The predicted octanol–water partition coefficient (Wildman–Crippen LogP) is 3.62. The first kappa shape index (κ1) is 17.4. The van der Waals surface area contributed by atoms with Crippen molar-refractivity contribution in [3.8, 4) is 0 Å². The predicted molar refractivity (Wildman–Crippen MR) is 98.3 cm³/mol. The molecule has 0 fully saturated rings. The van der Waals surface area contributed by atoms with E-state index in [1.165, 1.54) is 23.3 Å². The molecule has 0 aliphatic carbocycles. The van der Waals surface area contributed by atoms with Crippen molar-refractivity contribution in [3.63, 3.8) is 0 Å². The third-order valence-electron chi connectivity index (χ3n) is 4.69. The number of carbonyl (C=O) groups is 1. The van der Waals surface area contributed by atoms with Gasteiger partial charge >= 0.3 is 0 Å². The monoisotopic (exact) mass is 338 g/mol. The maximum absolute atomic E-state index is 12.9. The zero-order valence-electron chi connectivity index (χ0n) is 14.4. The van der Waals surface area contributed by atoms with E-state index in [1.54, 1.807) is 12.1 Å². The van der Waals surface area contributed by atoms with Crippen LogP contribution in [0.2, 0.25) is 0 Å². The summed E-state index contributed by atoms with van der Waals surface area (Å²) >= 11 is 0. The molecule has 4 heteroatoms. The van der Waals surface area contributed by atoms with Crippen molar-refractivity contribution in [2.24, 2.45) is 0 Å². The second kappa shape index (κ2) is 8.08. The third kappa shape index (κ3) is 4.54. The molecule has 130 valence electrons. The Labute approximate surface area is 148 Å². The number of hydrogen-bond acceptors (Lipinski definition) is 2. The fraction of sp³-hybridized carbons (Fsp3) is 0.286. The van der Waals surface area contributed by atoms with Crippen LogP contribution < -0.4 is 5.32 Å². The van der Waals surface area contributed by atoms with Gasteiger partial charge in [0, 0.05) is 19.6 Å². The second-order valence-corrected chi connectivity index (χ2v) is 6.36. The number of nitrogens with zero attached hydrogens (tertiary/aromatic N) is 1. The van der Waals surface area contributed by atoms with Crippen LogP contribution in [-0.2, 0) is 11.3 Å². The molecule has 0 saturated carbocycles. The van der Waals surface area contributed by atoms with Crippen molar-refractivity contribution in [1.29, 1.82) is 0 Å². The summed E-state index contributed by atoms with van der Waals surface area (Å²) in [6.07, 6.45) is 3.15. The van der Waals surface area contributed by atoms with Crippen LogP contribution in [0.3, 0.4) is 0 Å². The number of nitrogens with one attached hydrogen (secondary N) is 1. The van der Waals surface area contributed by atoms with Gasteiger partial charge in [0.1, 0.15) is 5.82 Å². The molecule has 2 aromatic rings. The number of halogens is 1. The Balaban J connectivity index is 1.53. The van der Waals surface area contributed by atoms with E-state index in [-0.39, 0.29) is 17.8 Å². The van der Waals surface area contributed by atoms with Crippen LogP contribution in [0.1, 0.15) is 24.5 Å². The molecule has 0 unspecified atom stereocenters. The Bertz CT molecular complexity index is 740. The molecule has 3 rings (SSSR count). The van der Waals surface area contributed by atoms with E-state index in [0.717, 1.165) is 25.1 Å². The molecule has 1 N–H and O–H groups in total. The number of benzene rings is 2. The number of hydrogen-bond donors (Lipinski definition) is 1. The van der Waals surface area contributed by atoms with Gasteiger partial charge in [-0.3, -0.25) is 9.69 Å². The average molecular weight is 338 g/mol. The normalized spacial score (nSPS) is 16.2. The van der Waals surface area contributed by atoms with Gasteiger partial charge in [0.25, 0.3) is 0 Å². The van der Waals surface area contributed by atoms with Gasteiger partial charge in [-0.15, -0.1) is 0 Å². The van der Waals surface area contributed by atoms with E-state index in [9.17, 15) is 9.18 Å². The lowest BCUT2D eigenvalue weighted by Gasteiger charge is -2.31. The molecule has 0 saturated heterocycles. The summed E-state index contributed by atoms with van der Waals surface area (Å²) in [5, 5.41) is 2.93. The standard InChI is InChI=1S/C21H23FN2O/c1-16(21(25)23-15-17-7-9-20(22)10-8-17)24-13-11-19(12-14-24)18-5-3-2-4-6-18/h2-11,16H,12-15H2,1H3,(H,23,25)/t16-/m1/s1. The van der Waals surface area contributed by atoms with Crippen LogP contribution >= 0.6 is 0 Å². The Kier molecular flexibility index (Phi) is 5.61. The Morgan fingerprint density at radius 1 is 1.16 bits per heavy atom. The van der Waals surface area contributed by atoms with Crippen molar-refractivity contribution < 1.29 is 9.18 Å². The van der Waals surface area contributed by atoms with Gasteiger partial charge in [0.2, 0.25) is 5.91 Å². The SMILES string of the molecule is C[C@H](C(=O)NCc1ccc(F)cc1)N1CC=C(c2ccccc2)CC1. The molecule has 1 aliphatic heterocycles. The summed E-state index contributed by atoms with van der Waals surface area (Å²) in [5.41, 5.74) is 3.50. The molecule has 1 atom stereocenters. The smallest absolute Gasteiger partial charge is 0.237 e. The van der Waals surface area contributed by atoms with E-state index in [2.05, 4.69) is 28.4 Å².